The molecular weight excluding hydrogens is 318 g/mol. The molecule has 0 saturated heterocycles. The van der Waals surface area contributed by atoms with Gasteiger partial charge in [-0.05, 0) is 60.4 Å². The number of amides is 1. The molecule has 0 saturated carbocycles. The summed E-state index contributed by atoms with van der Waals surface area (Å²) in [7, 11) is 4.89. The zero-order valence-electron chi connectivity index (χ0n) is 14.8. The third-order valence-corrected chi connectivity index (χ3v) is 4.71. The van der Waals surface area contributed by atoms with Crippen LogP contribution in [-0.4, -0.2) is 33.8 Å². The van der Waals surface area contributed by atoms with E-state index >= 15 is 0 Å². The van der Waals surface area contributed by atoms with Gasteiger partial charge in [0.1, 0.15) is 5.75 Å². The average Bonchev–Trinajstić information content (AvgIpc) is 3.06. The lowest BCUT2D eigenvalue weighted by Crippen LogP contribution is -2.27. The first kappa shape index (κ1) is 17.1. The normalized spacial score (nSPS) is 15.4. The van der Waals surface area contributed by atoms with Gasteiger partial charge in [-0.2, -0.15) is 0 Å². The third-order valence-electron chi connectivity index (χ3n) is 4.71. The molecule has 2 aromatic carbocycles. The second kappa shape index (κ2) is 7.47. The van der Waals surface area contributed by atoms with Gasteiger partial charge in [0.05, 0.1) is 21.3 Å². The number of methoxy groups -OCH3 is 3. The van der Waals surface area contributed by atoms with Gasteiger partial charge >= 0.3 is 0 Å². The van der Waals surface area contributed by atoms with Crippen molar-refractivity contribution in [2.45, 2.75) is 18.8 Å². The van der Waals surface area contributed by atoms with Crippen LogP contribution in [0.4, 0.5) is 0 Å². The summed E-state index contributed by atoms with van der Waals surface area (Å²) in [6, 6.07) is 11.2. The second-order valence-electron chi connectivity index (χ2n) is 6.08. The number of carbonyl (C=O) groups excluding carboxylic acids is 1. The van der Waals surface area contributed by atoms with Gasteiger partial charge in [-0.25, -0.2) is 0 Å². The summed E-state index contributed by atoms with van der Waals surface area (Å²) >= 11 is 0. The van der Waals surface area contributed by atoms with Gasteiger partial charge in [-0.1, -0.05) is 0 Å². The van der Waals surface area contributed by atoms with Crippen LogP contribution in [0.2, 0.25) is 0 Å². The standard InChI is InChI=1S/C20H23NO4/c1-23-16-8-6-13(7-9-16)20(22)21-12-15-5-4-14-10-18(24-2)19(25-3)11-17(14)15/h6-11,15H,4-5,12H2,1-3H3,(H,21,22). The van der Waals surface area contributed by atoms with Crippen molar-refractivity contribution in [3.8, 4) is 17.2 Å². The van der Waals surface area contributed by atoms with E-state index in [1.165, 1.54) is 11.1 Å². The number of hydrogen-bond donors (Lipinski definition) is 1. The first-order valence-corrected chi connectivity index (χ1v) is 8.33. The van der Waals surface area contributed by atoms with E-state index < -0.39 is 0 Å². The van der Waals surface area contributed by atoms with Gasteiger partial charge in [0, 0.05) is 18.0 Å². The van der Waals surface area contributed by atoms with Crippen molar-refractivity contribution in [2.75, 3.05) is 27.9 Å². The molecule has 0 aromatic heterocycles. The number of fused-ring (bicyclic) bond motifs is 1. The number of aryl methyl sites for hydroxylation is 1. The van der Waals surface area contributed by atoms with Crippen molar-refractivity contribution in [1.82, 2.24) is 5.32 Å². The predicted octanol–water partition coefficient (Wildman–Crippen LogP) is 3.17. The van der Waals surface area contributed by atoms with Gasteiger partial charge in [0.2, 0.25) is 0 Å². The highest BCUT2D eigenvalue weighted by Gasteiger charge is 2.25. The molecule has 1 N–H and O–H groups in total. The third kappa shape index (κ3) is 3.55. The van der Waals surface area contributed by atoms with Gasteiger partial charge in [-0.15, -0.1) is 0 Å². The molecule has 0 aliphatic heterocycles. The fraction of sp³-hybridized carbons (Fsp3) is 0.350. The van der Waals surface area contributed by atoms with Crippen LogP contribution in [-0.2, 0) is 6.42 Å². The largest absolute Gasteiger partial charge is 0.497 e. The Bertz CT molecular complexity index is 755. The van der Waals surface area contributed by atoms with Crippen molar-refractivity contribution >= 4 is 5.91 Å². The van der Waals surface area contributed by atoms with Crippen LogP contribution in [0, 0.1) is 0 Å². The summed E-state index contributed by atoms with van der Waals surface area (Å²) < 4.78 is 15.9. The van der Waals surface area contributed by atoms with Crippen LogP contribution >= 0.6 is 0 Å². The molecule has 3 rings (SSSR count). The van der Waals surface area contributed by atoms with Crippen LogP contribution in [0.25, 0.3) is 0 Å². The minimum absolute atomic E-state index is 0.0726. The quantitative estimate of drug-likeness (QED) is 0.877. The minimum atomic E-state index is -0.0726. The lowest BCUT2D eigenvalue weighted by Gasteiger charge is -2.15. The van der Waals surface area contributed by atoms with E-state index in [2.05, 4.69) is 5.32 Å². The molecule has 1 unspecified atom stereocenters. The van der Waals surface area contributed by atoms with Crippen LogP contribution in [0.15, 0.2) is 36.4 Å². The Kier molecular flexibility index (Phi) is 5.12. The molecule has 5 nitrogen and oxygen atoms in total. The fourth-order valence-electron chi connectivity index (χ4n) is 3.29. The average molecular weight is 341 g/mol. The molecule has 132 valence electrons. The summed E-state index contributed by atoms with van der Waals surface area (Å²) in [5.41, 5.74) is 3.13. The van der Waals surface area contributed by atoms with E-state index in [1.807, 2.05) is 12.1 Å². The maximum Gasteiger partial charge on any atom is 0.251 e. The molecule has 2 aromatic rings. The number of benzene rings is 2. The maximum absolute atomic E-state index is 12.3. The smallest absolute Gasteiger partial charge is 0.251 e. The van der Waals surface area contributed by atoms with Crippen LogP contribution in [0.3, 0.4) is 0 Å². The molecule has 25 heavy (non-hydrogen) atoms. The summed E-state index contributed by atoms with van der Waals surface area (Å²) in [6.07, 6.45) is 1.99. The Balaban J connectivity index is 1.68. The number of carbonyl (C=O) groups is 1. The van der Waals surface area contributed by atoms with Crippen molar-refractivity contribution < 1.29 is 19.0 Å². The van der Waals surface area contributed by atoms with Gasteiger partial charge < -0.3 is 19.5 Å². The van der Waals surface area contributed by atoms with Crippen LogP contribution in [0.5, 0.6) is 17.2 Å². The van der Waals surface area contributed by atoms with E-state index in [0.29, 0.717) is 12.1 Å². The van der Waals surface area contributed by atoms with E-state index in [-0.39, 0.29) is 11.8 Å². The molecule has 5 heteroatoms. The summed E-state index contributed by atoms with van der Waals surface area (Å²) in [5, 5.41) is 3.03. The lowest BCUT2D eigenvalue weighted by molar-refractivity contribution is 0.0951. The highest BCUT2D eigenvalue weighted by atomic mass is 16.5. The van der Waals surface area contributed by atoms with E-state index in [9.17, 15) is 4.79 Å². The van der Waals surface area contributed by atoms with Crippen LogP contribution < -0.4 is 19.5 Å². The Labute approximate surface area is 147 Å². The Morgan fingerprint density at radius 3 is 2.36 bits per heavy atom. The van der Waals surface area contributed by atoms with Gasteiger partial charge in [-0.3, -0.25) is 4.79 Å². The molecule has 1 aliphatic carbocycles. The number of hydrogen-bond acceptors (Lipinski definition) is 4. The zero-order chi connectivity index (χ0) is 17.8. The van der Waals surface area contributed by atoms with Gasteiger partial charge in [0.25, 0.3) is 5.91 Å². The van der Waals surface area contributed by atoms with E-state index in [4.69, 9.17) is 14.2 Å². The molecule has 0 radical (unpaired) electrons. The molecule has 1 atom stereocenters. The molecular formula is C20H23NO4. The van der Waals surface area contributed by atoms with Crippen molar-refractivity contribution in [3.63, 3.8) is 0 Å². The molecule has 1 aliphatic rings. The fourth-order valence-corrected chi connectivity index (χ4v) is 3.29. The highest BCUT2D eigenvalue weighted by Crippen LogP contribution is 2.40. The molecule has 1 amide bonds. The molecule has 0 bridgehead atoms. The first-order chi connectivity index (χ1) is 12.2. The summed E-state index contributed by atoms with van der Waals surface area (Å²) in [4.78, 5) is 12.3. The maximum atomic E-state index is 12.3. The Morgan fingerprint density at radius 2 is 1.72 bits per heavy atom. The lowest BCUT2D eigenvalue weighted by atomic mass is 10.0. The molecule has 0 heterocycles. The highest BCUT2D eigenvalue weighted by molar-refractivity contribution is 5.94. The Hall–Kier alpha value is -2.69. The van der Waals surface area contributed by atoms with E-state index in [0.717, 1.165) is 30.1 Å². The number of rotatable bonds is 6. The van der Waals surface area contributed by atoms with Crippen LogP contribution in [0.1, 0.15) is 33.8 Å². The zero-order valence-corrected chi connectivity index (χ0v) is 14.8. The minimum Gasteiger partial charge on any atom is -0.497 e. The molecule has 0 fully saturated rings. The summed E-state index contributed by atoms with van der Waals surface area (Å²) in [6.45, 7) is 0.605. The van der Waals surface area contributed by atoms with Gasteiger partial charge in [0.15, 0.2) is 11.5 Å². The van der Waals surface area contributed by atoms with E-state index in [1.54, 1.807) is 45.6 Å². The second-order valence-corrected chi connectivity index (χ2v) is 6.08. The topological polar surface area (TPSA) is 56.8 Å². The number of ether oxygens (including phenoxy) is 3. The van der Waals surface area contributed by atoms with Crippen molar-refractivity contribution in [3.05, 3.63) is 53.1 Å². The SMILES string of the molecule is COc1ccc(C(=O)NCC2CCc3cc(OC)c(OC)cc32)cc1. The molecule has 0 spiro atoms. The van der Waals surface area contributed by atoms with Crippen molar-refractivity contribution in [1.29, 1.82) is 0 Å². The van der Waals surface area contributed by atoms with Crippen molar-refractivity contribution in [2.24, 2.45) is 0 Å². The summed E-state index contributed by atoms with van der Waals surface area (Å²) in [5.74, 6) is 2.44. The predicted molar refractivity (Wildman–Crippen MR) is 95.9 cm³/mol. The number of nitrogens with one attached hydrogen (secondary N) is 1. The monoisotopic (exact) mass is 341 g/mol. The first-order valence-electron chi connectivity index (χ1n) is 8.33. The Morgan fingerprint density at radius 1 is 1.04 bits per heavy atom.